The third-order valence-electron chi connectivity index (χ3n) is 3.14. The van der Waals surface area contributed by atoms with Crippen molar-refractivity contribution >= 4 is 17.0 Å². The predicted molar refractivity (Wildman–Crippen MR) is 73.8 cm³/mol. The Balaban J connectivity index is 2.18. The molecular formula is C14H19N3O2. The van der Waals surface area contributed by atoms with Gasteiger partial charge in [-0.3, -0.25) is 4.79 Å². The van der Waals surface area contributed by atoms with E-state index in [0.29, 0.717) is 24.2 Å². The van der Waals surface area contributed by atoms with E-state index in [9.17, 15) is 4.79 Å². The van der Waals surface area contributed by atoms with Gasteiger partial charge in [0.15, 0.2) is 12.0 Å². The van der Waals surface area contributed by atoms with Crippen molar-refractivity contribution < 1.29 is 9.21 Å². The first-order chi connectivity index (χ1) is 8.93. The summed E-state index contributed by atoms with van der Waals surface area (Å²) >= 11 is 0. The van der Waals surface area contributed by atoms with Crippen LogP contribution in [-0.4, -0.2) is 35.9 Å². The van der Waals surface area contributed by atoms with Gasteiger partial charge < -0.3 is 15.1 Å². The largest absolute Gasteiger partial charge is 0.443 e. The Labute approximate surface area is 112 Å². The molecule has 1 heterocycles. The maximum atomic E-state index is 12.3. The number of carbonyl (C=O) groups is 1. The molecule has 5 heteroatoms. The van der Waals surface area contributed by atoms with Gasteiger partial charge in [-0.2, -0.15) is 0 Å². The Morgan fingerprint density at radius 3 is 2.89 bits per heavy atom. The van der Waals surface area contributed by atoms with Crippen molar-refractivity contribution in [1.82, 2.24) is 9.88 Å². The molecule has 0 bridgehead atoms. The number of rotatable bonds is 4. The second-order valence-electron chi connectivity index (χ2n) is 5.56. The van der Waals surface area contributed by atoms with Crippen molar-refractivity contribution in [3.05, 3.63) is 30.2 Å². The monoisotopic (exact) mass is 261 g/mol. The first-order valence-electron chi connectivity index (χ1n) is 6.22. The SMILES string of the molecule is CN(CC(C)(C)CN)C(=O)c1ccc2ncoc2c1. The Kier molecular flexibility index (Phi) is 3.57. The summed E-state index contributed by atoms with van der Waals surface area (Å²) in [5, 5.41) is 0. The topological polar surface area (TPSA) is 72.4 Å². The van der Waals surface area contributed by atoms with E-state index in [-0.39, 0.29) is 11.3 Å². The molecule has 5 nitrogen and oxygen atoms in total. The van der Waals surface area contributed by atoms with Crippen molar-refractivity contribution in [2.24, 2.45) is 11.1 Å². The van der Waals surface area contributed by atoms with Crippen molar-refractivity contribution in [1.29, 1.82) is 0 Å². The van der Waals surface area contributed by atoms with E-state index in [1.54, 1.807) is 30.1 Å². The number of benzene rings is 1. The molecule has 0 radical (unpaired) electrons. The van der Waals surface area contributed by atoms with E-state index >= 15 is 0 Å². The summed E-state index contributed by atoms with van der Waals surface area (Å²) in [6, 6.07) is 5.27. The summed E-state index contributed by atoms with van der Waals surface area (Å²) in [6.45, 7) is 5.22. The van der Waals surface area contributed by atoms with Crippen LogP contribution in [0.25, 0.3) is 11.1 Å². The van der Waals surface area contributed by atoms with Crippen molar-refractivity contribution in [3.63, 3.8) is 0 Å². The maximum Gasteiger partial charge on any atom is 0.253 e. The van der Waals surface area contributed by atoms with Crippen LogP contribution in [0.2, 0.25) is 0 Å². The van der Waals surface area contributed by atoms with Crippen LogP contribution in [-0.2, 0) is 0 Å². The van der Waals surface area contributed by atoms with Crippen LogP contribution >= 0.6 is 0 Å². The van der Waals surface area contributed by atoms with Gasteiger partial charge in [0.2, 0.25) is 0 Å². The molecule has 0 spiro atoms. The lowest BCUT2D eigenvalue weighted by molar-refractivity contribution is 0.0740. The van der Waals surface area contributed by atoms with E-state index in [0.717, 1.165) is 5.52 Å². The molecule has 0 aliphatic heterocycles. The number of oxazole rings is 1. The first kappa shape index (κ1) is 13.5. The molecule has 0 saturated heterocycles. The van der Waals surface area contributed by atoms with Crippen LogP contribution in [0.5, 0.6) is 0 Å². The zero-order valence-corrected chi connectivity index (χ0v) is 11.5. The number of carbonyl (C=O) groups excluding carboxylic acids is 1. The molecule has 1 aromatic heterocycles. The first-order valence-corrected chi connectivity index (χ1v) is 6.22. The molecule has 0 aliphatic carbocycles. The highest BCUT2D eigenvalue weighted by atomic mass is 16.3. The number of hydrogen-bond donors (Lipinski definition) is 1. The predicted octanol–water partition coefficient (Wildman–Crippen LogP) is 1.88. The molecule has 0 saturated carbocycles. The molecule has 19 heavy (non-hydrogen) atoms. The van der Waals surface area contributed by atoms with Crippen molar-refractivity contribution in [3.8, 4) is 0 Å². The Bertz CT molecular complexity index is 589. The van der Waals surface area contributed by atoms with E-state index in [1.165, 1.54) is 6.39 Å². The Morgan fingerprint density at radius 2 is 2.21 bits per heavy atom. The molecule has 2 aromatic rings. The summed E-state index contributed by atoms with van der Waals surface area (Å²) in [5.41, 5.74) is 7.57. The third-order valence-corrected chi connectivity index (χ3v) is 3.14. The second kappa shape index (κ2) is 5.01. The normalized spacial score (nSPS) is 11.8. The number of amides is 1. The molecule has 2 rings (SSSR count). The van der Waals surface area contributed by atoms with Gasteiger partial charge in [0.25, 0.3) is 5.91 Å². The van der Waals surface area contributed by atoms with Crippen LogP contribution in [0.4, 0.5) is 0 Å². The fourth-order valence-electron chi connectivity index (χ4n) is 1.99. The molecule has 1 amide bonds. The summed E-state index contributed by atoms with van der Waals surface area (Å²) in [7, 11) is 1.78. The van der Waals surface area contributed by atoms with E-state index in [2.05, 4.69) is 4.98 Å². The lowest BCUT2D eigenvalue weighted by atomic mass is 9.93. The van der Waals surface area contributed by atoms with Gasteiger partial charge in [-0.1, -0.05) is 13.8 Å². The van der Waals surface area contributed by atoms with Gasteiger partial charge in [-0.15, -0.1) is 0 Å². The van der Waals surface area contributed by atoms with Gasteiger partial charge >= 0.3 is 0 Å². The number of nitrogens with zero attached hydrogens (tertiary/aromatic N) is 2. The second-order valence-corrected chi connectivity index (χ2v) is 5.56. The molecule has 102 valence electrons. The van der Waals surface area contributed by atoms with Crippen LogP contribution in [0, 0.1) is 5.41 Å². The Morgan fingerprint density at radius 1 is 1.47 bits per heavy atom. The van der Waals surface area contributed by atoms with E-state index < -0.39 is 0 Å². The molecule has 0 atom stereocenters. The lowest BCUT2D eigenvalue weighted by Gasteiger charge is -2.29. The third kappa shape index (κ3) is 2.93. The fourth-order valence-corrected chi connectivity index (χ4v) is 1.99. The summed E-state index contributed by atoms with van der Waals surface area (Å²) in [4.78, 5) is 18.0. The molecule has 0 fully saturated rings. The van der Waals surface area contributed by atoms with E-state index in [4.69, 9.17) is 10.2 Å². The maximum absolute atomic E-state index is 12.3. The summed E-state index contributed by atoms with van der Waals surface area (Å²) < 4.78 is 5.21. The van der Waals surface area contributed by atoms with E-state index in [1.807, 2.05) is 13.8 Å². The highest BCUT2D eigenvalue weighted by molar-refractivity contribution is 5.96. The quantitative estimate of drug-likeness (QED) is 0.912. The lowest BCUT2D eigenvalue weighted by Crippen LogP contribution is -2.39. The van der Waals surface area contributed by atoms with Gasteiger partial charge in [-0.25, -0.2) is 4.98 Å². The molecule has 2 N–H and O–H groups in total. The van der Waals surface area contributed by atoms with Crippen molar-refractivity contribution in [2.45, 2.75) is 13.8 Å². The zero-order chi connectivity index (χ0) is 14.0. The van der Waals surface area contributed by atoms with Crippen LogP contribution in [0.1, 0.15) is 24.2 Å². The van der Waals surface area contributed by atoms with Crippen LogP contribution < -0.4 is 5.73 Å². The highest BCUT2D eigenvalue weighted by Crippen LogP contribution is 2.18. The fraction of sp³-hybridized carbons (Fsp3) is 0.429. The number of aromatic nitrogens is 1. The van der Waals surface area contributed by atoms with Crippen molar-refractivity contribution in [2.75, 3.05) is 20.1 Å². The van der Waals surface area contributed by atoms with Crippen LogP contribution in [0.3, 0.4) is 0 Å². The molecule has 0 aliphatic rings. The number of hydrogen-bond acceptors (Lipinski definition) is 4. The average molecular weight is 261 g/mol. The van der Waals surface area contributed by atoms with Gasteiger partial charge in [0.05, 0.1) is 0 Å². The standard InChI is InChI=1S/C14H19N3O2/c1-14(2,7-15)8-17(3)13(18)10-4-5-11-12(6-10)19-9-16-11/h4-6,9H,7-8,15H2,1-3H3. The number of fused-ring (bicyclic) bond motifs is 1. The average Bonchev–Trinajstić information content (AvgIpc) is 2.84. The Hall–Kier alpha value is -1.88. The minimum absolute atomic E-state index is 0.0418. The summed E-state index contributed by atoms with van der Waals surface area (Å²) in [5.74, 6) is -0.0418. The molecule has 1 aromatic carbocycles. The summed E-state index contributed by atoms with van der Waals surface area (Å²) in [6.07, 6.45) is 1.38. The molecular weight excluding hydrogens is 242 g/mol. The number of nitrogens with two attached hydrogens (primary N) is 1. The van der Waals surface area contributed by atoms with Gasteiger partial charge in [0.1, 0.15) is 5.52 Å². The smallest absolute Gasteiger partial charge is 0.253 e. The highest BCUT2D eigenvalue weighted by Gasteiger charge is 2.22. The minimum Gasteiger partial charge on any atom is -0.443 e. The minimum atomic E-state index is -0.0965. The molecule has 0 unspecified atom stereocenters. The zero-order valence-electron chi connectivity index (χ0n) is 11.5. The van der Waals surface area contributed by atoms with Gasteiger partial charge in [0, 0.05) is 19.2 Å². The van der Waals surface area contributed by atoms with Crippen LogP contribution in [0.15, 0.2) is 29.0 Å². The van der Waals surface area contributed by atoms with Gasteiger partial charge in [-0.05, 0) is 30.2 Å².